The molecule has 0 fully saturated rings. The smallest absolute Gasteiger partial charge is 0.234 e. The Balaban J connectivity index is 3.48. The molecule has 3 nitrogen and oxygen atoms in total. The van der Waals surface area contributed by atoms with Crippen LogP contribution in [0.4, 0.5) is 0 Å². The van der Waals surface area contributed by atoms with Crippen molar-refractivity contribution in [1.82, 2.24) is 10.6 Å². The summed E-state index contributed by atoms with van der Waals surface area (Å²) in [5, 5.41) is 5.80. The van der Waals surface area contributed by atoms with Crippen LogP contribution in [0.2, 0.25) is 0 Å². The first kappa shape index (κ1) is 12.0. The second kappa shape index (κ2) is 5.60. The molecule has 0 saturated heterocycles. The molecule has 0 aromatic rings. The van der Waals surface area contributed by atoms with Crippen LogP contribution in [0.15, 0.2) is 0 Å². The van der Waals surface area contributed by atoms with Gasteiger partial charge in [0.05, 0.1) is 6.54 Å². The Morgan fingerprint density at radius 2 is 2.08 bits per heavy atom. The Hall–Kier alpha value is -1.01. The molecule has 1 amide bonds. The molecule has 0 saturated carbocycles. The summed E-state index contributed by atoms with van der Waals surface area (Å²) in [5.41, 5.74) is -0.0243. The lowest BCUT2D eigenvalue weighted by Crippen LogP contribution is -2.43. The van der Waals surface area contributed by atoms with Crippen molar-refractivity contribution in [2.75, 3.05) is 13.1 Å². The Morgan fingerprint density at radius 1 is 1.46 bits per heavy atom. The van der Waals surface area contributed by atoms with Crippen molar-refractivity contribution in [3.8, 4) is 12.3 Å². The van der Waals surface area contributed by atoms with E-state index in [2.05, 4.69) is 16.6 Å². The van der Waals surface area contributed by atoms with Crippen molar-refractivity contribution in [2.24, 2.45) is 0 Å². The van der Waals surface area contributed by atoms with Crippen molar-refractivity contribution in [1.29, 1.82) is 0 Å². The van der Waals surface area contributed by atoms with E-state index in [-0.39, 0.29) is 11.4 Å². The number of rotatable bonds is 4. The van der Waals surface area contributed by atoms with Gasteiger partial charge in [-0.15, -0.1) is 12.3 Å². The molecule has 0 aliphatic carbocycles. The molecule has 0 aromatic carbocycles. The van der Waals surface area contributed by atoms with Gasteiger partial charge >= 0.3 is 0 Å². The van der Waals surface area contributed by atoms with Gasteiger partial charge < -0.3 is 10.6 Å². The molecule has 0 aromatic heterocycles. The summed E-state index contributed by atoms with van der Waals surface area (Å²) in [5.74, 6) is 2.45. The minimum absolute atomic E-state index is 0.00910. The lowest BCUT2D eigenvalue weighted by molar-refractivity contribution is -0.120. The minimum atomic E-state index is -0.0243. The molecule has 0 bridgehead atoms. The largest absolute Gasteiger partial charge is 0.354 e. The third kappa shape index (κ3) is 8.90. The highest BCUT2D eigenvalue weighted by Crippen LogP contribution is 1.96. The van der Waals surface area contributed by atoms with E-state index in [9.17, 15) is 4.79 Å². The first-order valence-electron chi connectivity index (χ1n) is 4.41. The zero-order valence-corrected chi connectivity index (χ0v) is 8.61. The summed E-state index contributed by atoms with van der Waals surface area (Å²) in [6.45, 7) is 6.94. The van der Waals surface area contributed by atoms with Crippen LogP contribution in [0.1, 0.15) is 27.2 Å². The van der Waals surface area contributed by atoms with E-state index in [1.54, 1.807) is 0 Å². The van der Waals surface area contributed by atoms with Crippen molar-refractivity contribution < 1.29 is 4.79 Å². The Morgan fingerprint density at radius 3 is 2.54 bits per heavy atom. The SMILES string of the molecule is C#CCCNC(=O)CNC(C)(C)C. The van der Waals surface area contributed by atoms with E-state index in [1.165, 1.54) is 0 Å². The summed E-state index contributed by atoms with van der Waals surface area (Å²) in [6.07, 6.45) is 5.63. The van der Waals surface area contributed by atoms with Crippen LogP contribution in [0.25, 0.3) is 0 Å². The van der Waals surface area contributed by atoms with Gasteiger partial charge in [0.2, 0.25) is 5.91 Å². The number of nitrogens with one attached hydrogen (secondary N) is 2. The maximum absolute atomic E-state index is 11.1. The first-order chi connectivity index (χ1) is 5.95. The number of carbonyl (C=O) groups is 1. The highest BCUT2D eigenvalue weighted by Gasteiger charge is 2.10. The molecule has 0 aliphatic heterocycles. The maximum Gasteiger partial charge on any atom is 0.234 e. The molecular formula is C10H18N2O. The van der Waals surface area contributed by atoms with Gasteiger partial charge in [-0.1, -0.05) is 0 Å². The fourth-order valence-corrected chi connectivity index (χ4v) is 0.682. The molecule has 0 rings (SSSR count). The third-order valence-electron chi connectivity index (χ3n) is 1.37. The van der Waals surface area contributed by atoms with Gasteiger partial charge in [0, 0.05) is 18.5 Å². The van der Waals surface area contributed by atoms with Crippen molar-refractivity contribution >= 4 is 5.91 Å². The van der Waals surface area contributed by atoms with Crippen LogP contribution in [-0.2, 0) is 4.79 Å². The van der Waals surface area contributed by atoms with E-state index in [4.69, 9.17) is 6.42 Å². The fraction of sp³-hybridized carbons (Fsp3) is 0.700. The predicted molar refractivity (Wildman–Crippen MR) is 54.2 cm³/mol. The molecule has 0 heterocycles. The number of hydrogen-bond acceptors (Lipinski definition) is 2. The van der Waals surface area contributed by atoms with Gasteiger partial charge in [0.25, 0.3) is 0 Å². The molecule has 0 unspecified atom stereocenters. The number of carbonyl (C=O) groups excluding carboxylic acids is 1. The lowest BCUT2D eigenvalue weighted by Gasteiger charge is -2.19. The van der Waals surface area contributed by atoms with Gasteiger partial charge in [0.1, 0.15) is 0 Å². The summed E-state index contributed by atoms with van der Waals surface area (Å²) in [7, 11) is 0. The van der Waals surface area contributed by atoms with E-state index < -0.39 is 0 Å². The monoisotopic (exact) mass is 182 g/mol. The third-order valence-corrected chi connectivity index (χ3v) is 1.37. The van der Waals surface area contributed by atoms with Crippen LogP contribution >= 0.6 is 0 Å². The standard InChI is InChI=1S/C10H18N2O/c1-5-6-7-11-9(13)8-12-10(2,3)4/h1,12H,6-8H2,2-4H3,(H,11,13). The molecule has 0 radical (unpaired) electrons. The molecular weight excluding hydrogens is 164 g/mol. The van der Waals surface area contributed by atoms with Gasteiger partial charge in [-0.25, -0.2) is 0 Å². The summed E-state index contributed by atoms with van der Waals surface area (Å²) in [6, 6.07) is 0. The van der Waals surface area contributed by atoms with E-state index >= 15 is 0 Å². The average Bonchev–Trinajstić information content (AvgIpc) is 2.00. The highest BCUT2D eigenvalue weighted by molar-refractivity contribution is 5.78. The Kier molecular flexibility index (Phi) is 5.17. The van der Waals surface area contributed by atoms with Crippen molar-refractivity contribution in [3.63, 3.8) is 0 Å². The molecule has 3 heteroatoms. The summed E-state index contributed by atoms with van der Waals surface area (Å²) < 4.78 is 0. The number of hydrogen-bond donors (Lipinski definition) is 2. The van der Waals surface area contributed by atoms with E-state index in [0.717, 1.165) is 0 Å². The molecule has 0 aliphatic rings. The topological polar surface area (TPSA) is 41.1 Å². The quantitative estimate of drug-likeness (QED) is 0.491. The van der Waals surface area contributed by atoms with Crippen LogP contribution < -0.4 is 10.6 Å². The zero-order valence-electron chi connectivity index (χ0n) is 8.61. The van der Waals surface area contributed by atoms with Gasteiger partial charge in [-0.2, -0.15) is 0 Å². The van der Waals surface area contributed by atoms with Gasteiger partial charge in [-0.05, 0) is 20.8 Å². The van der Waals surface area contributed by atoms with E-state index in [1.807, 2.05) is 20.8 Å². The van der Waals surface area contributed by atoms with E-state index in [0.29, 0.717) is 19.5 Å². The molecule has 74 valence electrons. The van der Waals surface area contributed by atoms with Crippen LogP contribution in [0, 0.1) is 12.3 Å². The molecule has 13 heavy (non-hydrogen) atoms. The summed E-state index contributed by atoms with van der Waals surface area (Å²) in [4.78, 5) is 11.1. The molecule has 2 N–H and O–H groups in total. The lowest BCUT2D eigenvalue weighted by atomic mass is 10.1. The first-order valence-corrected chi connectivity index (χ1v) is 4.41. The predicted octanol–water partition coefficient (Wildman–Crippen LogP) is 0.514. The van der Waals surface area contributed by atoms with Gasteiger partial charge in [-0.3, -0.25) is 4.79 Å². The fourth-order valence-electron chi connectivity index (χ4n) is 0.682. The van der Waals surface area contributed by atoms with Gasteiger partial charge in [0.15, 0.2) is 0 Å². The normalized spacial score (nSPS) is 10.6. The Bertz CT molecular complexity index is 198. The van der Waals surface area contributed by atoms with Crippen molar-refractivity contribution in [2.45, 2.75) is 32.7 Å². The Labute approximate surface area is 80.3 Å². The minimum Gasteiger partial charge on any atom is -0.354 e. The van der Waals surface area contributed by atoms with Crippen LogP contribution in [-0.4, -0.2) is 24.5 Å². The van der Waals surface area contributed by atoms with Crippen LogP contribution in [0.5, 0.6) is 0 Å². The van der Waals surface area contributed by atoms with Crippen LogP contribution in [0.3, 0.4) is 0 Å². The summed E-state index contributed by atoms with van der Waals surface area (Å²) >= 11 is 0. The number of amides is 1. The molecule has 0 spiro atoms. The highest BCUT2D eigenvalue weighted by atomic mass is 16.1. The zero-order chi connectivity index (χ0) is 10.3. The number of terminal acetylenes is 1. The second-order valence-corrected chi connectivity index (χ2v) is 3.91. The molecule has 0 atom stereocenters. The average molecular weight is 182 g/mol. The maximum atomic E-state index is 11.1. The van der Waals surface area contributed by atoms with Crippen molar-refractivity contribution in [3.05, 3.63) is 0 Å². The second-order valence-electron chi connectivity index (χ2n) is 3.91.